The average Bonchev–Trinajstić information content (AvgIpc) is 2.44. The van der Waals surface area contributed by atoms with Gasteiger partial charge in [-0.2, -0.15) is 0 Å². The standard InChI is InChI=1S/C14H19NO10/c1-8(16)22-7-13(24-10(3)18)14(25-11(4)19)12(23-9(2)17)5-6-15(20)21/h5-6,12-14H,7H2,1-4H3/b6-5+/t12-,13+,14+/m0/s1. The lowest BCUT2D eigenvalue weighted by atomic mass is 10.1. The number of hydrogen-bond acceptors (Lipinski definition) is 10. The van der Waals surface area contributed by atoms with Crippen molar-refractivity contribution in [3.05, 3.63) is 22.4 Å². The summed E-state index contributed by atoms with van der Waals surface area (Å²) in [5.74, 6) is -3.17. The van der Waals surface area contributed by atoms with Crippen molar-refractivity contribution in [2.75, 3.05) is 6.61 Å². The summed E-state index contributed by atoms with van der Waals surface area (Å²) < 4.78 is 19.6. The van der Waals surface area contributed by atoms with Crippen LogP contribution >= 0.6 is 0 Å². The minimum Gasteiger partial charge on any atom is -0.462 e. The topological polar surface area (TPSA) is 148 Å². The third-order valence-electron chi connectivity index (χ3n) is 2.46. The van der Waals surface area contributed by atoms with Crippen LogP contribution in [0.5, 0.6) is 0 Å². The fourth-order valence-corrected chi connectivity index (χ4v) is 1.72. The van der Waals surface area contributed by atoms with Gasteiger partial charge in [0.1, 0.15) is 6.61 Å². The Morgan fingerprint density at radius 2 is 1.44 bits per heavy atom. The third kappa shape index (κ3) is 10.4. The predicted octanol–water partition coefficient (Wildman–Crippen LogP) is 0.135. The van der Waals surface area contributed by atoms with Gasteiger partial charge < -0.3 is 18.9 Å². The monoisotopic (exact) mass is 361 g/mol. The molecule has 0 unspecified atom stereocenters. The Kier molecular flexibility index (Phi) is 9.45. The molecule has 25 heavy (non-hydrogen) atoms. The smallest absolute Gasteiger partial charge is 0.303 e. The Labute approximate surface area is 143 Å². The summed E-state index contributed by atoms with van der Waals surface area (Å²) in [5.41, 5.74) is 0. The van der Waals surface area contributed by atoms with Gasteiger partial charge in [0.15, 0.2) is 18.3 Å². The van der Waals surface area contributed by atoms with Crippen LogP contribution in [0.4, 0.5) is 0 Å². The van der Waals surface area contributed by atoms with E-state index in [0.29, 0.717) is 6.20 Å². The summed E-state index contributed by atoms with van der Waals surface area (Å²) in [6.45, 7) is 3.70. The molecule has 11 nitrogen and oxygen atoms in total. The molecule has 0 fully saturated rings. The van der Waals surface area contributed by atoms with Crippen LogP contribution in [0, 0.1) is 10.1 Å². The lowest BCUT2D eigenvalue weighted by molar-refractivity contribution is -0.403. The van der Waals surface area contributed by atoms with Crippen LogP contribution in [0.15, 0.2) is 12.3 Å². The van der Waals surface area contributed by atoms with Gasteiger partial charge in [-0.15, -0.1) is 0 Å². The highest BCUT2D eigenvalue weighted by molar-refractivity contribution is 5.69. The zero-order valence-corrected chi connectivity index (χ0v) is 14.1. The largest absolute Gasteiger partial charge is 0.462 e. The fourth-order valence-electron chi connectivity index (χ4n) is 1.72. The van der Waals surface area contributed by atoms with Crippen LogP contribution in [0.2, 0.25) is 0 Å². The normalized spacial score (nSPS) is 14.1. The number of carbonyl (C=O) groups is 4. The second-order valence-corrected chi connectivity index (χ2v) is 4.73. The summed E-state index contributed by atoms with van der Waals surface area (Å²) in [4.78, 5) is 54.5. The van der Waals surface area contributed by atoms with E-state index in [0.717, 1.165) is 33.8 Å². The molecule has 0 saturated heterocycles. The molecule has 3 atom stereocenters. The Morgan fingerprint density at radius 3 is 1.84 bits per heavy atom. The van der Waals surface area contributed by atoms with Gasteiger partial charge in [0.25, 0.3) is 0 Å². The van der Waals surface area contributed by atoms with Crippen molar-refractivity contribution in [3.8, 4) is 0 Å². The SMILES string of the molecule is CC(=O)OC[C@@H](OC(C)=O)[C@H](OC(C)=O)[C@H](/C=C/[N+](=O)[O-])OC(C)=O. The molecule has 0 rings (SSSR count). The van der Waals surface area contributed by atoms with Crippen molar-refractivity contribution < 1.29 is 43.0 Å². The van der Waals surface area contributed by atoms with Crippen LogP contribution in [0.3, 0.4) is 0 Å². The number of nitro groups is 1. The Morgan fingerprint density at radius 1 is 0.920 bits per heavy atom. The predicted molar refractivity (Wildman–Crippen MR) is 79.4 cm³/mol. The molecule has 0 aromatic carbocycles. The number of hydrogen-bond donors (Lipinski definition) is 0. The minimum atomic E-state index is -1.47. The van der Waals surface area contributed by atoms with E-state index in [1.54, 1.807) is 0 Å². The molecule has 0 aliphatic carbocycles. The highest BCUT2D eigenvalue weighted by Crippen LogP contribution is 2.16. The van der Waals surface area contributed by atoms with Crippen molar-refractivity contribution in [1.29, 1.82) is 0 Å². The summed E-state index contributed by atoms with van der Waals surface area (Å²) in [6, 6.07) is 0. The van der Waals surface area contributed by atoms with E-state index in [4.69, 9.17) is 18.9 Å². The van der Waals surface area contributed by atoms with E-state index in [2.05, 4.69) is 0 Å². The molecule has 0 radical (unpaired) electrons. The van der Waals surface area contributed by atoms with Crippen LogP contribution in [0.25, 0.3) is 0 Å². The molecule has 0 N–H and O–H groups in total. The number of esters is 4. The first-order valence-corrected chi connectivity index (χ1v) is 6.99. The van der Waals surface area contributed by atoms with E-state index in [9.17, 15) is 29.3 Å². The number of ether oxygens (including phenoxy) is 4. The van der Waals surface area contributed by atoms with Gasteiger partial charge in [-0.25, -0.2) is 0 Å². The molecule has 0 aliphatic rings. The highest BCUT2D eigenvalue weighted by atomic mass is 16.6. The molecule has 0 bridgehead atoms. The Balaban J connectivity index is 5.72. The lowest BCUT2D eigenvalue weighted by Gasteiger charge is -2.29. The maximum atomic E-state index is 11.3. The van der Waals surface area contributed by atoms with E-state index in [1.165, 1.54) is 0 Å². The lowest BCUT2D eigenvalue weighted by Crippen LogP contribution is -2.46. The summed E-state index contributed by atoms with van der Waals surface area (Å²) in [7, 11) is 0. The van der Waals surface area contributed by atoms with Gasteiger partial charge in [0, 0.05) is 33.8 Å². The third-order valence-corrected chi connectivity index (χ3v) is 2.46. The second-order valence-electron chi connectivity index (χ2n) is 4.73. The molecule has 0 saturated carbocycles. The maximum Gasteiger partial charge on any atom is 0.303 e. The zero-order valence-electron chi connectivity index (χ0n) is 14.1. The molecule has 140 valence electrons. The van der Waals surface area contributed by atoms with Gasteiger partial charge in [-0.05, 0) is 0 Å². The maximum absolute atomic E-state index is 11.3. The zero-order chi connectivity index (χ0) is 19.6. The van der Waals surface area contributed by atoms with E-state index < -0.39 is 53.7 Å². The van der Waals surface area contributed by atoms with Gasteiger partial charge in [0.2, 0.25) is 6.20 Å². The van der Waals surface area contributed by atoms with Crippen molar-refractivity contribution in [3.63, 3.8) is 0 Å². The fraction of sp³-hybridized carbons (Fsp3) is 0.571. The molecular weight excluding hydrogens is 342 g/mol. The van der Waals surface area contributed by atoms with Crippen molar-refractivity contribution in [1.82, 2.24) is 0 Å². The first kappa shape index (κ1) is 22.0. The van der Waals surface area contributed by atoms with E-state index in [1.807, 2.05) is 0 Å². The molecule has 0 heterocycles. The van der Waals surface area contributed by atoms with Gasteiger partial charge >= 0.3 is 23.9 Å². The quantitative estimate of drug-likeness (QED) is 0.240. The minimum absolute atomic E-state index is 0.473. The van der Waals surface area contributed by atoms with Crippen molar-refractivity contribution in [2.45, 2.75) is 46.0 Å². The summed E-state index contributed by atoms with van der Waals surface area (Å²) in [6.07, 6.45) is -2.96. The number of nitrogens with zero attached hydrogens (tertiary/aromatic N) is 1. The molecule has 0 aromatic rings. The molecule has 0 amide bonds. The highest BCUT2D eigenvalue weighted by Gasteiger charge is 2.37. The average molecular weight is 361 g/mol. The first-order chi connectivity index (χ1) is 11.5. The molecular formula is C14H19NO10. The van der Waals surface area contributed by atoms with Crippen LogP contribution in [-0.2, 0) is 38.1 Å². The van der Waals surface area contributed by atoms with Crippen LogP contribution in [-0.4, -0.2) is 53.7 Å². The van der Waals surface area contributed by atoms with Crippen molar-refractivity contribution in [2.24, 2.45) is 0 Å². The second kappa shape index (κ2) is 10.7. The van der Waals surface area contributed by atoms with Crippen LogP contribution < -0.4 is 0 Å². The number of rotatable bonds is 9. The Bertz CT molecular complexity index is 556. The molecule has 0 aliphatic heterocycles. The number of carbonyl (C=O) groups excluding carboxylic acids is 4. The first-order valence-electron chi connectivity index (χ1n) is 6.99. The van der Waals surface area contributed by atoms with Gasteiger partial charge in [-0.1, -0.05) is 0 Å². The van der Waals surface area contributed by atoms with E-state index in [-0.39, 0.29) is 0 Å². The van der Waals surface area contributed by atoms with Gasteiger partial charge in [-0.3, -0.25) is 29.3 Å². The van der Waals surface area contributed by atoms with Crippen LogP contribution in [0.1, 0.15) is 27.7 Å². The van der Waals surface area contributed by atoms with Crippen molar-refractivity contribution >= 4 is 23.9 Å². The van der Waals surface area contributed by atoms with E-state index >= 15 is 0 Å². The van der Waals surface area contributed by atoms with Gasteiger partial charge in [0.05, 0.1) is 4.92 Å². The molecule has 0 spiro atoms. The Hall–Kier alpha value is -2.98. The molecule has 11 heteroatoms. The summed E-state index contributed by atoms with van der Waals surface area (Å²) in [5, 5.41) is 10.5. The summed E-state index contributed by atoms with van der Waals surface area (Å²) >= 11 is 0. The molecule has 0 aromatic heterocycles.